The van der Waals surface area contributed by atoms with Crippen molar-refractivity contribution in [2.45, 2.75) is 77.0 Å². The molecule has 0 saturated carbocycles. The third-order valence-electron chi connectivity index (χ3n) is 3.60. The Kier molecular flexibility index (Phi) is 9.98. The second kappa shape index (κ2) is 11.7. The molecule has 1 heterocycles. The summed E-state index contributed by atoms with van der Waals surface area (Å²) in [5.74, 6) is -0.578. The van der Waals surface area contributed by atoms with Crippen LogP contribution in [0.5, 0.6) is 0 Å². The van der Waals surface area contributed by atoms with Crippen LogP contribution in [0.4, 0.5) is 0 Å². The first-order chi connectivity index (χ1) is 9.79. The van der Waals surface area contributed by atoms with Crippen LogP contribution in [0, 0.1) is 0 Å². The van der Waals surface area contributed by atoms with E-state index >= 15 is 0 Å². The Bertz CT molecular complexity index is 248. The van der Waals surface area contributed by atoms with Crippen LogP contribution in [0.25, 0.3) is 0 Å². The summed E-state index contributed by atoms with van der Waals surface area (Å²) in [7, 11) is 0. The lowest BCUT2D eigenvalue weighted by Gasteiger charge is -2.07. The van der Waals surface area contributed by atoms with E-state index in [9.17, 15) is 9.59 Å². The number of rotatable bonds is 0. The minimum atomic E-state index is -0.289. The molecule has 20 heavy (non-hydrogen) atoms. The predicted octanol–water partition coefficient (Wildman–Crippen LogP) is 3.77. The Hall–Kier alpha value is -1.06. The van der Waals surface area contributed by atoms with Gasteiger partial charge < -0.3 is 9.47 Å². The Morgan fingerprint density at radius 1 is 0.500 bits per heavy atom. The monoisotopic (exact) mass is 284 g/mol. The summed E-state index contributed by atoms with van der Waals surface area (Å²) < 4.78 is 10.2. The minimum absolute atomic E-state index is 0.138. The SMILES string of the molecule is O=C1CCC(=O)OCCCCCCCCCCCCO1. The van der Waals surface area contributed by atoms with Crippen molar-refractivity contribution in [1.29, 1.82) is 0 Å². The van der Waals surface area contributed by atoms with Gasteiger partial charge in [-0.05, 0) is 12.8 Å². The number of hydrogen-bond donors (Lipinski definition) is 0. The fourth-order valence-corrected chi connectivity index (χ4v) is 2.34. The highest BCUT2D eigenvalue weighted by Crippen LogP contribution is 2.11. The van der Waals surface area contributed by atoms with Crippen molar-refractivity contribution in [3.63, 3.8) is 0 Å². The molecule has 0 aromatic rings. The molecule has 0 amide bonds. The van der Waals surface area contributed by atoms with Crippen molar-refractivity contribution in [2.75, 3.05) is 13.2 Å². The summed E-state index contributed by atoms with van der Waals surface area (Å²) in [6.07, 6.45) is 12.0. The fraction of sp³-hybridized carbons (Fsp3) is 0.875. The highest BCUT2D eigenvalue weighted by atomic mass is 16.5. The topological polar surface area (TPSA) is 52.6 Å². The number of hydrogen-bond acceptors (Lipinski definition) is 4. The average Bonchev–Trinajstić information content (AvgIpc) is 2.44. The maximum atomic E-state index is 11.4. The standard InChI is InChI=1S/C16H28O4/c17-15-11-12-16(18)20-14-10-8-6-4-2-1-3-5-7-9-13-19-15/h1-14H2. The van der Waals surface area contributed by atoms with Crippen LogP contribution in [-0.4, -0.2) is 25.2 Å². The molecule has 1 aliphatic heterocycles. The number of cyclic esters (lactones) is 2. The molecule has 0 atom stereocenters. The van der Waals surface area contributed by atoms with Gasteiger partial charge in [-0.15, -0.1) is 0 Å². The van der Waals surface area contributed by atoms with Gasteiger partial charge in [-0.2, -0.15) is 0 Å². The molecular formula is C16H28O4. The second-order valence-electron chi connectivity index (χ2n) is 5.48. The Balaban J connectivity index is 2.21. The van der Waals surface area contributed by atoms with E-state index < -0.39 is 0 Å². The van der Waals surface area contributed by atoms with Crippen LogP contribution in [-0.2, 0) is 19.1 Å². The molecule has 0 aromatic heterocycles. The molecule has 0 N–H and O–H groups in total. The van der Waals surface area contributed by atoms with Crippen molar-refractivity contribution in [3.8, 4) is 0 Å². The maximum absolute atomic E-state index is 11.4. The summed E-state index contributed by atoms with van der Waals surface area (Å²) in [6, 6.07) is 0. The van der Waals surface area contributed by atoms with Crippen molar-refractivity contribution in [3.05, 3.63) is 0 Å². The Labute approximate surface area is 122 Å². The third-order valence-corrected chi connectivity index (χ3v) is 3.60. The minimum Gasteiger partial charge on any atom is -0.466 e. The molecule has 1 saturated heterocycles. The van der Waals surface area contributed by atoms with Crippen molar-refractivity contribution >= 4 is 11.9 Å². The van der Waals surface area contributed by atoms with Gasteiger partial charge in [0.05, 0.1) is 26.1 Å². The molecule has 0 unspecified atom stereocenters. The molecular weight excluding hydrogens is 256 g/mol. The molecule has 0 aliphatic carbocycles. The van der Waals surface area contributed by atoms with E-state index in [-0.39, 0.29) is 24.8 Å². The van der Waals surface area contributed by atoms with Gasteiger partial charge in [-0.3, -0.25) is 9.59 Å². The zero-order valence-electron chi connectivity index (χ0n) is 12.5. The van der Waals surface area contributed by atoms with Gasteiger partial charge >= 0.3 is 11.9 Å². The van der Waals surface area contributed by atoms with E-state index in [1.165, 1.54) is 38.5 Å². The summed E-state index contributed by atoms with van der Waals surface area (Å²) in [6.45, 7) is 0.960. The van der Waals surface area contributed by atoms with Crippen LogP contribution in [0.15, 0.2) is 0 Å². The Morgan fingerprint density at radius 3 is 1.15 bits per heavy atom. The fourth-order valence-electron chi connectivity index (χ4n) is 2.34. The van der Waals surface area contributed by atoms with E-state index in [0.717, 1.165) is 25.7 Å². The van der Waals surface area contributed by atoms with Crippen LogP contribution >= 0.6 is 0 Å². The molecule has 0 radical (unpaired) electrons. The van der Waals surface area contributed by atoms with E-state index in [1.807, 2.05) is 0 Å². The number of esters is 2. The zero-order valence-corrected chi connectivity index (χ0v) is 12.5. The van der Waals surface area contributed by atoms with Gasteiger partial charge in [-0.1, -0.05) is 51.4 Å². The second-order valence-corrected chi connectivity index (χ2v) is 5.48. The van der Waals surface area contributed by atoms with E-state index in [0.29, 0.717) is 13.2 Å². The van der Waals surface area contributed by atoms with E-state index in [2.05, 4.69) is 0 Å². The van der Waals surface area contributed by atoms with Gasteiger partial charge in [0.2, 0.25) is 0 Å². The average molecular weight is 284 g/mol. The smallest absolute Gasteiger partial charge is 0.306 e. The first-order valence-electron chi connectivity index (χ1n) is 8.10. The van der Waals surface area contributed by atoms with E-state index in [4.69, 9.17) is 9.47 Å². The molecule has 4 nitrogen and oxygen atoms in total. The molecule has 0 aromatic carbocycles. The zero-order chi connectivity index (χ0) is 14.5. The predicted molar refractivity (Wildman–Crippen MR) is 77.3 cm³/mol. The van der Waals surface area contributed by atoms with Gasteiger partial charge in [-0.25, -0.2) is 0 Å². The van der Waals surface area contributed by atoms with Crippen LogP contribution in [0.2, 0.25) is 0 Å². The molecule has 1 fully saturated rings. The number of carbonyl (C=O) groups is 2. The molecule has 116 valence electrons. The van der Waals surface area contributed by atoms with Gasteiger partial charge in [0.1, 0.15) is 0 Å². The summed E-state index contributed by atoms with van der Waals surface area (Å²) in [5.41, 5.74) is 0. The number of carbonyl (C=O) groups excluding carboxylic acids is 2. The van der Waals surface area contributed by atoms with Crippen LogP contribution in [0.1, 0.15) is 77.0 Å². The number of ether oxygens (including phenoxy) is 2. The van der Waals surface area contributed by atoms with Crippen molar-refractivity contribution < 1.29 is 19.1 Å². The molecule has 0 bridgehead atoms. The van der Waals surface area contributed by atoms with Crippen molar-refractivity contribution in [1.82, 2.24) is 0 Å². The summed E-state index contributed by atoms with van der Waals surface area (Å²) in [4.78, 5) is 22.8. The molecule has 0 spiro atoms. The molecule has 1 aliphatic rings. The summed E-state index contributed by atoms with van der Waals surface area (Å²) in [5, 5.41) is 0. The third kappa shape index (κ3) is 9.82. The maximum Gasteiger partial charge on any atom is 0.306 e. The first-order valence-corrected chi connectivity index (χ1v) is 8.10. The van der Waals surface area contributed by atoms with Gasteiger partial charge in [0.15, 0.2) is 0 Å². The lowest BCUT2D eigenvalue weighted by molar-refractivity contribution is -0.150. The van der Waals surface area contributed by atoms with Crippen LogP contribution < -0.4 is 0 Å². The largest absolute Gasteiger partial charge is 0.466 e. The summed E-state index contributed by atoms with van der Waals surface area (Å²) >= 11 is 0. The van der Waals surface area contributed by atoms with Crippen molar-refractivity contribution in [2.24, 2.45) is 0 Å². The highest BCUT2D eigenvalue weighted by molar-refractivity contribution is 5.77. The molecule has 4 heteroatoms. The Morgan fingerprint density at radius 2 is 0.800 bits per heavy atom. The lowest BCUT2D eigenvalue weighted by Crippen LogP contribution is -2.11. The first kappa shape index (κ1) is 17.0. The van der Waals surface area contributed by atoms with E-state index in [1.54, 1.807) is 0 Å². The quantitative estimate of drug-likeness (QED) is 0.635. The normalized spacial score (nSPS) is 22.2. The highest BCUT2D eigenvalue weighted by Gasteiger charge is 2.09. The van der Waals surface area contributed by atoms with Crippen LogP contribution in [0.3, 0.4) is 0 Å². The van der Waals surface area contributed by atoms with Gasteiger partial charge in [0.25, 0.3) is 0 Å². The lowest BCUT2D eigenvalue weighted by atomic mass is 10.1. The molecule has 1 rings (SSSR count). The van der Waals surface area contributed by atoms with Gasteiger partial charge in [0, 0.05) is 0 Å².